The summed E-state index contributed by atoms with van der Waals surface area (Å²) in [6.07, 6.45) is 9.95. The molecule has 1 saturated carbocycles. The van der Waals surface area contributed by atoms with Gasteiger partial charge >= 0.3 is 0 Å². The van der Waals surface area contributed by atoms with E-state index in [1.54, 1.807) is 32.9 Å². The zero-order valence-electron chi connectivity index (χ0n) is 31.3. The largest absolute Gasteiger partial charge is 0.348 e. The molecule has 1 aromatic carbocycles. The summed E-state index contributed by atoms with van der Waals surface area (Å²) < 4.78 is 25.7. The molecule has 1 aromatic heterocycles. The molecule has 4 atom stereocenters. The quantitative estimate of drug-likeness (QED) is 0.164. The summed E-state index contributed by atoms with van der Waals surface area (Å²) in [7, 11) is -3.77. The molecule has 0 radical (unpaired) electrons. The number of nitrogens with zero attached hydrogens (tertiary/aromatic N) is 2. The molecule has 13 heteroatoms. The Kier molecular flexibility index (Phi) is 16.0. The lowest BCUT2D eigenvalue weighted by molar-refractivity contribution is -0.158. The van der Waals surface area contributed by atoms with Gasteiger partial charge in [-0.1, -0.05) is 89.6 Å². The molecule has 1 heterocycles. The van der Waals surface area contributed by atoms with E-state index >= 15 is 0 Å². The lowest BCUT2D eigenvalue weighted by atomic mass is 9.84. The molecule has 12 nitrogen and oxygen atoms in total. The number of sulfone groups is 1. The molecule has 0 bridgehead atoms. The zero-order valence-corrected chi connectivity index (χ0v) is 32.1. The summed E-state index contributed by atoms with van der Waals surface area (Å²) in [4.78, 5) is 65.1. The van der Waals surface area contributed by atoms with Crippen molar-refractivity contribution in [3.63, 3.8) is 0 Å². The number of H-pyrrole nitrogens is 1. The van der Waals surface area contributed by atoms with Crippen molar-refractivity contribution in [2.75, 3.05) is 12.3 Å². The monoisotopic (exact) mass is 728 g/mol. The summed E-state index contributed by atoms with van der Waals surface area (Å²) in [6.45, 7) is 10.9. The van der Waals surface area contributed by atoms with Crippen LogP contribution in [0.5, 0.6) is 0 Å². The summed E-state index contributed by atoms with van der Waals surface area (Å²) >= 11 is 0. The summed E-state index contributed by atoms with van der Waals surface area (Å²) in [5.41, 5.74) is 7.74. The number of carbonyl (C=O) groups is 4. The maximum Gasteiger partial charge on any atom is 0.259 e. The number of benzene rings is 1. The van der Waals surface area contributed by atoms with Crippen LogP contribution >= 0.6 is 0 Å². The molecular formula is C38H60N6O6S. The fourth-order valence-corrected chi connectivity index (χ4v) is 7.76. The van der Waals surface area contributed by atoms with Crippen LogP contribution in [0.4, 0.5) is 0 Å². The Morgan fingerprint density at radius 3 is 2.24 bits per heavy atom. The van der Waals surface area contributed by atoms with Crippen LogP contribution in [0, 0.1) is 17.8 Å². The minimum atomic E-state index is -3.77. The minimum absolute atomic E-state index is 0.0948. The number of imidazole rings is 1. The van der Waals surface area contributed by atoms with E-state index in [1.807, 2.05) is 39.0 Å². The van der Waals surface area contributed by atoms with Gasteiger partial charge in [0.15, 0.2) is 9.84 Å². The highest BCUT2D eigenvalue weighted by molar-refractivity contribution is 7.92. The second-order valence-corrected chi connectivity index (χ2v) is 18.1. The topological polar surface area (TPSA) is 184 Å². The van der Waals surface area contributed by atoms with Gasteiger partial charge in [-0.2, -0.15) is 0 Å². The van der Waals surface area contributed by atoms with Gasteiger partial charge in [-0.3, -0.25) is 19.2 Å². The van der Waals surface area contributed by atoms with Crippen LogP contribution in [0.25, 0.3) is 0 Å². The van der Waals surface area contributed by atoms with Crippen molar-refractivity contribution in [1.82, 2.24) is 25.5 Å². The van der Waals surface area contributed by atoms with E-state index in [9.17, 15) is 27.6 Å². The van der Waals surface area contributed by atoms with E-state index in [4.69, 9.17) is 5.73 Å². The first-order chi connectivity index (χ1) is 24.1. The van der Waals surface area contributed by atoms with Crippen LogP contribution in [-0.4, -0.2) is 82.1 Å². The second-order valence-electron chi connectivity index (χ2n) is 15.3. The van der Waals surface area contributed by atoms with Crippen molar-refractivity contribution in [2.45, 2.75) is 129 Å². The number of aromatic nitrogens is 2. The molecule has 1 fully saturated rings. The predicted octanol–water partition coefficient (Wildman–Crippen LogP) is 4.10. The van der Waals surface area contributed by atoms with E-state index in [0.717, 1.165) is 50.5 Å². The summed E-state index contributed by atoms with van der Waals surface area (Å²) in [5, 5.41) is 6.01. The summed E-state index contributed by atoms with van der Waals surface area (Å²) in [5.74, 6) is -4.74. The molecule has 2 aromatic rings. The number of nitrogens with one attached hydrogen (secondary N) is 3. The molecule has 284 valence electrons. The van der Waals surface area contributed by atoms with Crippen molar-refractivity contribution in [3.8, 4) is 0 Å². The van der Waals surface area contributed by atoms with Gasteiger partial charge < -0.3 is 21.4 Å². The molecular weight excluding hydrogens is 669 g/mol. The minimum Gasteiger partial charge on any atom is -0.348 e. The van der Waals surface area contributed by atoms with Crippen molar-refractivity contribution < 1.29 is 27.6 Å². The zero-order chi connectivity index (χ0) is 37.8. The highest BCUT2D eigenvalue weighted by atomic mass is 32.2. The maximum atomic E-state index is 14.7. The van der Waals surface area contributed by atoms with Gasteiger partial charge in [-0.15, -0.1) is 0 Å². The average molecular weight is 729 g/mol. The van der Waals surface area contributed by atoms with E-state index < -0.39 is 68.0 Å². The molecule has 4 amide bonds. The van der Waals surface area contributed by atoms with Crippen LogP contribution < -0.4 is 16.4 Å². The molecule has 1 aliphatic carbocycles. The number of imide groups is 3. The highest BCUT2D eigenvalue weighted by Crippen LogP contribution is 2.28. The Hall–Kier alpha value is -3.42. The number of aromatic amines is 1. The van der Waals surface area contributed by atoms with E-state index in [2.05, 4.69) is 20.6 Å². The van der Waals surface area contributed by atoms with E-state index in [0.29, 0.717) is 23.6 Å². The lowest BCUT2D eigenvalue weighted by Gasteiger charge is -2.33. The second kappa shape index (κ2) is 19.4. The average Bonchev–Trinajstić information content (AvgIpc) is 3.59. The van der Waals surface area contributed by atoms with Crippen LogP contribution in [-0.2, 0) is 41.9 Å². The van der Waals surface area contributed by atoms with Gasteiger partial charge in [0.1, 0.15) is 6.04 Å². The number of amides is 4. The summed E-state index contributed by atoms with van der Waals surface area (Å²) in [6, 6.07) is 5.67. The van der Waals surface area contributed by atoms with Crippen molar-refractivity contribution in [1.29, 1.82) is 0 Å². The van der Waals surface area contributed by atoms with Crippen molar-refractivity contribution >= 4 is 33.5 Å². The van der Waals surface area contributed by atoms with Gasteiger partial charge in [-0.25, -0.2) is 18.3 Å². The van der Waals surface area contributed by atoms with Crippen LogP contribution in [0.15, 0.2) is 42.9 Å². The molecule has 1 aliphatic rings. The highest BCUT2D eigenvalue weighted by Gasteiger charge is 2.42. The Balaban J connectivity index is 2.04. The maximum absolute atomic E-state index is 14.7. The number of rotatable bonds is 18. The molecule has 0 unspecified atom stereocenters. The van der Waals surface area contributed by atoms with Gasteiger partial charge in [0.2, 0.25) is 5.91 Å². The third-order valence-corrected chi connectivity index (χ3v) is 12.5. The normalized spacial score (nSPS) is 16.6. The van der Waals surface area contributed by atoms with E-state index in [1.165, 1.54) is 12.5 Å². The smallest absolute Gasteiger partial charge is 0.259 e. The van der Waals surface area contributed by atoms with E-state index in [-0.39, 0.29) is 24.7 Å². The van der Waals surface area contributed by atoms with Gasteiger partial charge in [0, 0.05) is 18.3 Å². The Morgan fingerprint density at radius 2 is 1.67 bits per heavy atom. The van der Waals surface area contributed by atoms with Crippen LogP contribution in [0.1, 0.15) is 104 Å². The third kappa shape index (κ3) is 12.3. The molecule has 5 N–H and O–H groups in total. The fraction of sp³-hybridized carbons (Fsp3) is 0.658. The van der Waals surface area contributed by atoms with Gasteiger partial charge in [0.25, 0.3) is 17.7 Å². The molecule has 0 saturated heterocycles. The van der Waals surface area contributed by atoms with Crippen molar-refractivity contribution in [2.24, 2.45) is 23.5 Å². The van der Waals surface area contributed by atoms with Crippen LogP contribution in [0.2, 0.25) is 0 Å². The number of unbranched alkanes of at least 4 members (excludes halogenated alkanes) is 1. The number of hydrogen-bond donors (Lipinski definition) is 4. The molecule has 0 aliphatic heterocycles. The first-order valence-electron chi connectivity index (χ1n) is 18.5. The Bertz CT molecular complexity index is 1520. The molecule has 3 rings (SSSR count). The molecule has 0 spiro atoms. The number of carbonyl (C=O) groups excluding carboxylic acids is 4. The first kappa shape index (κ1) is 42.0. The van der Waals surface area contributed by atoms with Crippen LogP contribution in [0.3, 0.4) is 0 Å². The third-order valence-electron chi connectivity index (χ3n) is 9.76. The lowest BCUT2D eigenvalue weighted by Crippen LogP contribution is -2.62. The predicted molar refractivity (Wildman–Crippen MR) is 199 cm³/mol. The van der Waals surface area contributed by atoms with Gasteiger partial charge in [0.05, 0.1) is 34.8 Å². The molecule has 51 heavy (non-hydrogen) atoms. The fourth-order valence-electron chi connectivity index (χ4n) is 6.46. The first-order valence-corrected chi connectivity index (χ1v) is 20.1. The Morgan fingerprint density at radius 1 is 1.00 bits per heavy atom. The number of hydrogen-bond acceptors (Lipinski definition) is 9. The SMILES string of the molecule is CCCCN[C@H](C(=O)N(C(=O)[C@H](Cc1cnc[nH]1)NC(=O)[C@H](Cc1ccccc1)CS(=O)(=O)C(C)(C)C)C(=O)[C@@H](N)CC1CCCCC1)C(C)C. The standard InChI is InChI=1S/C38H60N6O6S/c1-7-8-19-41-33(26(2)3)37(48)44(35(46)31(39)21-28-17-13-10-14-18-28)36(47)32(22-30-23-40-25-42-30)43-34(45)29(20-27-15-11-9-12-16-27)24-51(49,50)38(4,5)6/h9,11-12,15-16,23,25-26,28-29,31-33,41H,7-8,10,13-14,17-22,24,39H2,1-6H3,(H,40,42)(H,43,45)/t29-,31+,32+,33+/m1/s1. The van der Waals surface area contributed by atoms with Crippen molar-refractivity contribution in [3.05, 3.63) is 54.1 Å². The number of nitrogens with two attached hydrogens (primary N) is 1. The Labute approximate surface area is 304 Å². The van der Waals surface area contributed by atoms with Gasteiger partial charge in [-0.05, 0) is 64.0 Å².